The predicted molar refractivity (Wildman–Crippen MR) is 70.0 cm³/mol. The van der Waals surface area contributed by atoms with E-state index in [4.69, 9.17) is 4.74 Å². The number of aryl methyl sites for hydroxylation is 1. The summed E-state index contributed by atoms with van der Waals surface area (Å²) in [6, 6.07) is 6.05. The van der Waals surface area contributed by atoms with E-state index in [1.807, 2.05) is 0 Å². The van der Waals surface area contributed by atoms with E-state index in [1.165, 1.54) is 19.2 Å². The molecule has 19 heavy (non-hydrogen) atoms. The number of ether oxygens (including phenoxy) is 1. The molecule has 2 aromatic rings. The molecule has 2 rings (SSSR count). The van der Waals surface area contributed by atoms with Gasteiger partial charge in [0.25, 0.3) is 5.56 Å². The maximum absolute atomic E-state index is 13.4. The molecule has 0 atom stereocenters. The molecule has 2 N–H and O–H groups in total. The number of anilines is 2. The molecule has 1 heterocycles. The standard InChI is InChI=1S/C13H14FN3O2/c1-8-3-4-9(5-11(8)14)15-13-16-10(7-19-2)6-12(18)17-13/h3-6H,7H2,1-2H3,(H2,15,16,17,18). The molecular formula is C13H14FN3O2. The van der Waals surface area contributed by atoms with Crippen LogP contribution in [-0.2, 0) is 11.3 Å². The molecule has 1 aromatic heterocycles. The van der Waals surface area contributed by atoms with Crippen LogP contribution in [0.4, 0.5) is 16.0 Å². The molecule has 0 spiro atoms. The van der Waals surface area contributed by atoms with Gasteiger partial charge in [0, 0.05) is 18.9 Å². The van der Waals surface area contributed by atoms with E-state index in [0.29, 0.717) is 16.9 Å². The second-order valence-electron chi connectivity index (χ2n) is 4.11. The number of aromatic nitrogens is 2. The smallest absolute Gasteiger partial charge is 0.252 e. The highest BCUT2D eigenvalue weighted by molar-refractivity contribution is 5.53. The van der Waals surface area contributed by atoms with Gasteiger partial charge in [0.2, 0.25) is 5.95 Å². The summed E-state index contributed by atoms with van der Waals surface area (Å²) >= 11 is 0. The summed E-state index contributed by atoms with van der Waals surface area (Å²) in [5.41, 5.74) is 1.28. The van der Waals surface area contributed by atoms with Crippen molar-refractivity contribution < 1.29 is 9.13 Å². The largest absolute Gasteiger partial charge is 0.378 e. The topological polar surface area (TPSA) is 67.0 Å². The zero-order valence-corrected chi connectivity index (χ0v) is 10.7. The van der Waals surface area contributed by atoms with Crippen molar-refractivity contribution in [3.63, 3.8) is 0 Å². The highest BCUT2D eigenvalue weighted by atomic mass is 19.1. The minimum Gasteiger partial charge on any atom is -0.378 e. The van der Waals surface area contributed by atoms with Crippen molar-refractivity contribution in [1.82, 2.24) is 9.97 Å². The van der Waals surface area contributed by atoms with Gasteiger partial charge in [-0.05, 0) is 24.6 Å². The lowest BCUT2D eigenvalue weighted by Gasteiger charge is -2.07. The Kier molecular flexibility index (Phi) is 3.91. The van der Waals surface area contributed by atoms with E-state index in [1.54, 1.807) is 19.1 Å². The molecule has 0 aliphatic heterocycles. The summed E-state index contributed by atoms with van der Waals surface area (Å²) in [5.74, 6) is -0.0665. The van der Waals surface area contributed by atoms with E-state index in [2.05, 4.69) is 15.3 Å². The van der Waals surface area contributed by atoms with Gasteiger partial charge in [0.15, 0.2) is 0 Å². The van der Waals surface area contributed by atoms with E-state index in [0.717, 1.165) is 0 Å². The van der Waals surface area contributed by atoms with Crippen LogP contribution in [0.1, 0.15) is 11.3 Å². The highest BCUT2D eigenvalue weighted by Crippen LogP contribution is 2.16. The van der Waals surface area contributed by atoms with Crippen LogP contribution in [-0.4, -0.2) is 17.1 Å². The summed E-state index contributed by atoms with van der Waals surface area (Å²) in [5, 5.41) is 2.85. The number of benzene rings is 1. The second kappa shape index (κ2) is 5.62. The molecular weight excluding hydrogens is 249 g/mol. The van der Waals surface area contributed by atoms with Gasteiger partial charge in [-0.1, -0.05) is 6.07 Å². The van der Waals surface area contributed by atoms with Crippen LogP contribution in [0.2, 0.25) is 0 Å². The maximum Gasteiger partial charge on any atom is 0.252 e. The Hall–Kier alpha value is -2.21. The maximum atomic E-state index is 13.4. The first kappa shape index (κ1) is 13.2. The van der Waals surface area contributed by atoms with Crippen LogP contribution in [0, 0.1) is 12.7 Å². The Labute approximate surface area is 109 Å². The zero-order chi connectivity index (χ0) is 13.8. The minimum atomic E-state index is -0.319. The number of hydrogen-bond donors (Lipinski definition) is 2. The van der Waals surface area contributed by atoms with E-state index in [-0.39, 0.29) is 23.9 Å². The van der Waals surface area contributed by atoms with Crippen LogP contribution in [0.25, 0.3) is 0 Å². The molecule has 100 valence electrons. The van der Waals surface area contributed by atoms with Gasteiger partial charge < -0.3 is 10.1 Å². The van der Waals surface area contributed by atoms with Crippen molar-refractivity contribution in [3.8, 4) is 0 Å². The normalized spacial score (nSPS) is 10.5. The first-order valence-corrected chi connectivity index (χ1v) is 5.71. The molecule has 0 fully saturated rings. The summed E-state index contributed by atoms with van der Waals surface area (Å²) < 4.78 is 18.3. The van der Waals surface area contributed by atoms with Crippen LogP contribution in [0.5, 0.6) is 0 Å². The fourth-order valence-corrected chi connectivity index (χ4v) is 1.60. The average Bonchev–Trinajstić information content (AvgIpc) is 2.33. The molecule has 1 aromatic carbocycles. The Morgan fingerprint density at radius 3 is 2.89 bits per heavy atom. The fourth-order valence-electron chi connectivity index (χ4n) is 1.60. The summed E-state index contributed by atoms with van der Waals surface area (Å²) in [6.07, 6.45) is 0. The van der Waals surface area contributed by atoms with Crippen molar-refractivity contribution in [2.24, 2.45) is 0 Å². The number of methoxy groups -OCH3 is 1. The lowest BCUT2D eigenvalue weighted by molar-refractivity contribution is 0.181. The van der Waals surface area contributed by atoms with Gasteiger partial charge in [0.1, 0.15) is 5.82 Å². The summed E-state index contributed by atoms with van der Waals surface area (Å²) in [6.45, 7) is 1.92. The predicted octanol–water partition coefficient (Wildman–Crippen LogP) is 2.11. The fraction of sp³-hybridized carbons (Fsp3) is 0.231. The molecule has 0 unspecified atom stereocenters. The monoisotopic (exact) mass is 263 g/mol. The summed E-state index contributed by atoms with van der Waals surface area (Å²) in [4.78, 5) is 18.1. The van der Waals surface area contributed by atoms with Gasteiger partial charge >= 0.3 is 0 Å². The third-order valence-electron chi connectivity index (χ3n) is 2.52. The molecule has 0 saturated heterocycles. The van der Waals surface area contributed by atoms with Crippen LogP contribution >= 0.6 is 0 Å². The van der Waals surface area contributed by atoms with Crippen molar-refractivity contribution in [2.75, 3.05) is 12.4 Å². The number of rotatable bonds is 4. The van der Waals surface area contributed by atoms with Crippen LogP contribution < -0.4 is 10.9 Å². The number of aromatic amines is 1. The van der Waals surface area contributed by atoms with Gasteiger partial charge in [-0.15, -0.1) is 0 Å². The molecule has 6 heteroatoms. The van der Waals surface area contributed by atoms with Gasteiger partial charge in [-0.2, -0.15) is 0 Å². The second-order valence-corrected chi connectivity index (χ2v) is 4.11. The molecule has 0 radical (unpaired) electrons. The van der Waals surface area contributed by atoms with Gasteiger partial charge in [-0.25, -0.2) is 9.37 Å². The first-order chi connectivity index (χ1) is 9.08. The van der Waals surface area contributed by atoms with Crippen LogP contribution in [0.15, 0.2) is 29.1 Å². The van der Waals surface area contributed by atoms with Crippen LogP contribution in [0.3, 0.4) is 0 Å². The molecule has 0 saturated carbocycles. The zero-order valence-electron chi connectivity index (χ0n) is 10.7. The van der Waals surface area contributed by atoms with Crippen molar-refractivity contribution in [3.05, 3.63) is 51.7 Å². The molecule has 0 aliphatic rings. The van der Waals surface area contributed by atoms with Gasteiger partial charge in [-0.3, -0.25) is 9.78 Å². The first-order valence-electron chi connectivity index (χ1n) is 5.71. The third-order valence-corrected chi connectivity index (χ3v) is 2.52. The Balaban J connectivity index is 2.27. The number of halogens is 1. The van der Waals surface area contributed by atoms with E-state index >= 15 is 0 Å². The molecule has 0 bridgehead atoms. The third kappa shape index (κ3) is 3.38. The quantitative estimate of drug-likeness (QED) is 0.886. The Morgan fingerprint density at radius 1 is 1.42 bits per heavy atom. The highest BCUT2D eigenvalue weighted by Gasteiger charge is 2.04. The number of nitrogens with zero attached hydrogens (tertiary/aromatic N) is 1. The van der Waals surface area contributed by atoms with E-state index < -0.39 is 0 Å². The Bertz CT molecular complexity index is 640. The lowest BCUT2D eigenvalue weighted by atomic mass is 10.2. The molecule has 0 aliphatic carbocycles. The van der Waals surface area contributed by atoms with Crippen molar-refractivity contribution >= 4 is 11.6 Å². The lowest BCUT2D eigenvalue weighted by Crippen LogP contribution is -2.12. The number of hydrogen-bond acceptors (Lipinski definition) is 4. The number of nitrogens with one attached hydrogen (secondary N) is 2. The molecule has 0 amide bonds. The van der Waals surface area contributed by atoms with Crippen molar-refractivity contribution in [1.29, 1.82) is 0 Å². The Morgan fingerprint density at radius 2 is 2.21 bits per heavy atom. The SMILES string of the molecule is COCc1cc(=O)[nH]c(Nc2ccc(C)c(F)c2)n1. The molecule has 5 nitrogen and oxygen atoms in total. The number of H-pyrrole nitrogens is 1. The van der Waals surface area contributed by atoms with Gasteiger partial charge in [0.05, 0.1) is 12.3 Å². The van der Waals surface area contributed by atoms with Crippen molar-refractivity contribution in [2.45, 2.75) is 13.5 Å². The minimum absolute atomic E-state index is 0.237. The average molecular weight is 263 g/mol. The summed E-state index contributed by atoms with van der Waals surface area (Å²) in [7, 11) is 1.52. The van der Waals surface area contributed by atoms with E-state index in [9.17, 15) is 9.18 Å².